The van der Waals surface area contributed by atoms with Crippen LogP contribution in [-0.4, -0.2) is 39.5 Å². The van der Waals surface area contributed by atoms with Gasteiger partial charge in [0.15, 0.2) is 5.17 Å². The quantitative estimate of drug-likeness (QED) is 0.584. The van der Waals surface area contributed by atoms with Gasteiger partial charge in [0.2, 0.25) is 0 Å². The van der Waals surface area contributed by atoms with Crippen LogP contribution in [-0.2, 0) is 0 Å². The lowest BCUT2D eigenvalue weighted by Gasteiger charge is -2.29. The fourth-order valence-corrected chi connectivity index (χ4v) is 3.61. The number of rotatable bonds is 4. The maximum atomic E-state index is 13.2. The van der Waals surface area contributed by atoms with Crippen molar-refractivity contribution in [2.24, 2.45) is 10.9 Å². The summed E-state index contributed by atoms with van der Waals surface area (Å²) in [7, 11) is 0. The Hall–Kier alpha value is -1.77. The number of thioether (sulfide) groups is 1. The molecule has 1 saturated heterocycles. The molecule has 1 aliphatic heterocycles. The lowest BCUT2D eigenvalue weighted by molar-refractivity contribution is -0.384. The SMILES string of the molecule is Cc1cc([N+](=O)[O-])ccc1/N=C1\SC[C@H](C(F)(F)F)N1CC(C)C. The highest BCUT2D eigenvalue weighted by Gasteiger charge is 2.48. The Labute approximate surface area is 142 Å². The molecule has 0 bridgehead atoms. The fourth-order valence-electron chi connectivity index (χ4n) is 2.41. The fraction of sp³-hybridized carbons (Fsp3) is 0.533. The summed E-state index contributed by atoms with van der Waals surface area (Å²) in [5.74, 6) is -0.0436. The Balaban J connectivity index is 2.35. The first-order valence-electron chi connectivity index (χ1n) is 7.39. The molecule has 1 fully saturated rings. The summed E-state index contributed by atoms with van der Waals surface area (Å²) >= 11 is 1.06. The monoisotopic (exact) mass is 361 g/mol. The molecule has 1 atom stereocenters. The third kappa shape index (κ3) is 4.19. The molecule has 0 saturated carbocycles. The molecule has 1 aromatic rings. The second-order valence-electron chi connectivity index (χ2n) is 6.04. The van der Waals surface area contributed by atoms with Crippen LogP contribution in [0.5, 0.6) is 0 Å². The minimum Gasteiger partial charge on any atom is -0.338 e. The van der Waals surface area contributed by atoms with Crippen molar-refractivity contribution in [3.05, 3.63) is 33.9 Å². The van der Waals surface area contributed by atoms with E-state index in [4.69, 9.17) is 0 Å². The number of alkyl halides is 3. The van der Waals surface area contributed by atoms with Gasteiger partial charge in [0.25, 0.3) is 5.69 Å². The zero-order valence-corrected chi connectivity index (χ0v) is 14.3. The Morgan fingerprint density at radius 3 is 2.62 bits per heavy atom. The average Bonchev–Trinajstić information content (AvgIpc) is 2.83. The Morgan fingerprint density at radius 2 is 2.12 bits per heavy atom. The number of hydrogen-bond acceptors (Lipinski definition) is 4. The van der Waals surface area contributed by atoms with Gasteiger partial charge in [0.05, 0.1) is 10.6 Å². The molecule has 0 amide bonds. The molecule has 5 nitrogen and oxygen atoms in total. The van der Waals surface area contributed by atoms with Crippen LogP contribution in [0.2, 0.25) is 0 Å². The predicted molar refractivity (Wildman–Crippen MR) is 88.8 cm³/mol. The van der Waals surface area contributed by atoms with Crippen LogP contribution >= 0.6 is 11.8 Å². The molecular weight excluding hydrogens is 343 g/mol. The van der Waals surface area contributed by atoms with Crippen LogP contribution in [0, 0.1) is 23.0 Å². The molecule has 0 unspecified atom stereocenters. The lowest BCUT2D eigenvalue weighted by Crippen LogP contribution is -2.45. The van der Waals surface area contributed by atoms with E-state index in [9.17, 15) is 23.3 Å². The van der Waals surface area contributed by atoms with E-state index in [0.717, 1.165) is 11.8 Å². The first-order chi connectivity index (χ1) is 11.1. The average molecular weight is 361 g/mol. The summed E-state index contributed by atoms with van der Waals surface area (Å²) in [6.07, 6.45) is -4.32. The molecule has 1 aliphatic rings. The summed E-state index contributed by atoms with van der Waals surface area (Å²) in [6.45, 7) is 5.61. The number of nitro groups is 1. The Kier molecular flexibility index (Phi) is 5.42. The molecule has 0 aromatic heterocycles. The van der Waals surface area contributed by atoms with Crippen molar-refractivity contribution >= 4 is 28.3 Å². The van der Waals surface area contributed by atoms with E-state index in [1.165, 1.54) is 23.1 Å². The number of benzene rings is 1. The maximum Gasteiger partial charge on any atom is 0.409 e. The highest BCUT2D eigenvalue weighted by atomic mass is 32.2. The first-order valence-corrected chi connectivity index (χ1v) is 8.38. The molecule has 24 heavy (non-hydrogen) atoms. The van der Waals surface area contributed by atoms with Gasteiger partial charge in [-0.05, 0) is 24.5 Å². The summed E-state index contributed by atoms with van der Waals surface area (Å²) < 4.78 is 39.6. The highest BCUT2D eigenvalue weighted by molar-refractivity contribution is 8.14. The number of non-ortho nitro benzene ring substituents is 1. The summed E-state index contributed by atoms with van der Waals surface area (Å²) in [4.78, 5) is 15.9. The summed E-state index contributed by atoms with van der Waals surface area (Å²) in [6, 6.07) is 2.59. The normalized spacial score (nSPS) is 20.2. The summed E-state index contributed by atoms with van der Waals surface area (Å²) in [5.41, 5.74) is 0.930. The zero-order valence-electron chi connectivity index (χ0n) is 13.5. The smallest absolute Gasteiger partial charge is 0.338 e. The van der Waals surface area contributed by atoms with Gasteiger partial charge in [0, 0.05) is 24.4 Å². The molecule has 0 N–H and O–H groups in total. The number of aliphatic imine (C=N–C) groups is 1. The molecule has 0 aliphatic carbocycles. The molecular formula is C15H18F3N3O2S. The molecule has 2 rings (SSSR count). The molecule has 132 valence electrons. The molecule has 1 heterocycles. The van der Waals surface area contributed by atoms with Crippen molar-refractivity contribution in [3.63, 3.8) is 0 Å². The van der Waals surface area contributed by atoms with Crippen LogP contribution in [0.1, 0.15) is 19.4 Å². The van der Waals surface area contributed by atoms with Crippen LogP contribution in [0.15, 0.2) is 23.2 Å². The van der Waals surface area contributed by atoms with Gasteiger partial charge in [-0.3, -0.25) is 10.1 Å². The topological polar surface area (TPSA) is 58.7 Å². The van der Waals surface area contributed by atoms with Gasteiger partial charge in [-0.25, -0.2) is 4.99 Å². The van der Waals surface area contributed by atoms with E-state index in [1.807, 2.05) is 13.8 Å². The van der Waals surface area contributed by atoms with E-state index in [1.54, 1.807) is 6.92 Å². The van der Waals surface area contributed by atoms with Gasteiger partial charge in [0.1, 0.15) is 6.04 Å². The van der Waals surface area contributed by atoms with Crippen molar-refractivity contribution in [2.75, 3.05) is 12.3 Å². The second-order valence-corrected chi connectivity index (χ2v) is 7.02. The van der Waals surface area contributed by atoms with E-state index in [-0.39, 0.29) is 23.9 Å². The number of amidine groups is 1. The van der Waals surface area contributed by atoms with Crippen molar-refractivity contribution in [2.45, 2.75) is 33.0 Å². The number of hydrogen-bond donors (Lipinski definition) is 0. The number of nitrogens with zero attached hydrogens (tertiary/aromatic N) is 3. The summed E-state index contributed by atoms with van der Waals surface area (Å²) in [5, 5.41) is 11.1. The van der Waals surface area contributed by atoms with Gasteiger partial charge in [-0.1, -0.05) is 25.6 Å². The Morgan fingerprint density at radius 1 is 1.46 bits per heavy atom. The van der Waals surface area contributed by atoms with Crippen LogP contribution in [0.25, 0.3) is 0 Å². The first kappa shape index (κ1) is 18.6. The third-order valence-electron chi connectivity index (χ3n) is 3.54. The van der Waals surface area contributed by atoms with E-state index < -0.39 is 17.1 Å². The van der Waals surface area contributed by atoms with Crippen molar-refractivity contribution in [1.82, 2.24) is 4.90 Å². The van der Waals surface area contributed by atoms with Crippen molar-refractivity contribution in [3.8, 4) is 0 Å². The molecule has 0 radical (unpaired) electrons. The molecule has 9 heteroatoms. The minimum atomic E-state index is -4.32. The van der Waals surface area contributed by atoms with Crippen molar-refractivity contribution in [1.29, 1.82) is 0 Å². The van der Waals surface area contributed by atoms with E-state index in [2.05, 4.69) is 4.99 Å². The largest absolute Gasteiger partial charge is 0.409 e. The number of aryl methyl sites for hydroxylation is 1. The minimum absolute atomic E-state index is 0.0525. The number of halogens is 3. The standard InChI is InChI=1S/C15H18F3N3O2S/c1-9(2)7-20-13(15(16,17)18)8-24-14(20)19-12-5-4-11(21(22)23)6-10(12)3/h4-6,9,13H,7-8H2,1-3H3/b19-14-/t13-/m1/s1. The van der Waals surface area contributed by atoms with Crippen LogP contribution < -0.4 is 0 Å². The van der Waals surface area contributed by atoms with E-state index in [0.29, 0.717) is 16.4 Å². The third-order valence-corrected chi connectivity index (χ3v) is 4.61. The zero-order chi connectivity index (χ0) is 18.1. The van der Waals surface area contributed by atoms with Crippen LogP contribution in [0.4, 0.5) is 24.5 Å². The molecule has 1 aromatic carbocycles. The van der Waals surface area contributed by atoms with Crippen LogP contribution in [0.3, 0.4) is 0 Å². The molecule has 0 spiro atoms. The second kappa shape index (κ2) is 7.00. The van der Waals surface area contributed by atoms with Gasteiger partial charge in [-0.2, -0.15) is 13.2 Å². The van der Waals surface area contributed by atoms with Gasteiger partial charge >= 0.3 is 6.18 Å². The number of nitro benzene ring substituents is 1. The lowest BCUT2D eigenvalue weighted by atomic mass is 10.1. The van der Waals surface area contributed by atoms with Gasteiger partial charge < -0.3 is 4.90 Å². The Bertz CT molecular complexity index is 662. The predicted octanol–water partition coefficient (Wildman–Crippen LogP) is 4.53. The van der Waals surface area contributed by atoms with Gasteiger partial charge in [-0.15, -0.1) is 0 Å². The highest BCUT2D eigenvalue weighted by Crippen LogP contribution is 2.37. The van der Waals surface area contributed by atoms with E-state index >= 15 is 0 Å². The van der Waals surface area contributed by atoms with Crippen molar-refractivity contribution < 1.29 is 18.1 Å². The maximum absolute atomic E-state index is 13.2.